The van der Waals surface area contributed by atoms with Crippen LogP contribution in [0.15, 0.2) is 24.4 Å². The average Bonchev–Trinajstić information content (AvgIpc) is 1.82. The molecular formula is C7H11NO. The zero-order valence-corrected chi connectivity index (χ0v) is 5.79. The fourth-order valence-electron chi connectivity index (χ4n) is 0.299. The van der Waals surface area contributed by atoms with E-state index in [0.717, 1.165) is 12.0 Å². The molecule has 0 unspecified atom stereocenters. The van der Waals surface area contributed by atoms with Gasteiger partial charge in [0, 0.05) is 19.8 Å². The highest BCUT2D eigenvalue weighted by molar-refractivity contribution is 5.65. The van der Waals surface area contributed by atoms with Gasteiger partial charge in [-0.25, -0.2) is 0 Å². The van der Waals surface area contributed by atoms with Crippen molar-refractivity contribution in [2.45, 2.75) is 0 Å². The number of hydrogen-bond acceptors (Lipinski definition) is 2. The lowest BCUT2D eigenvalue weighted by molar-refractivity contribution is -0.104. The Morgan fingerprint density at radius 3 is 2.44 bits per heavy atom. The number of hydrogen-bond donors (Lipinski definition) is 0. The summed E-state index contributed by atoms with van der Waals surface area (Å²) in [6.07, 6.45) is 3.81. The molecule has 0 rings (SSSR count). The molecule has 0 radical (unpaired) electrons. The van der Waals surface area contributed by atoms with Gasteiger partial charge < -0.3 is 4.90 Å². The largest absolute Gasteiger partial charge is 0.378 e. The molecule has 2 heteroatoms. The molecule has 0 amide bonds. The van der Waals surface area contributed by atoms with Gasteiger partial charge in [0.2, 0.25) is 0 Å². The quantitative estimate of drug-likeness (QED) is 0.316. The van der Waals surface area contributed by atoms with Crippen LogP contribution in [0, 0.1) is 0 Å². The second kappa shape index (κ2) is 3.89. The Morgan fingerprint density at radius 2 is 2.11 bits per heavy atom. The summed E-state index contributed by atoms with van der Waals surface area (Å²) in [5, 5.41) is 0. The Balaban J connectivity index is 3.76. The minimum Gasteiger partial charge on any atom is -0.378 e. The van der Waals surface area contributed by atoms with Crippen molar-refractivity contribution in [1.29, 1.82) is 0 Å². The lowest BCUT2D eigenvalue weighted by Gasteiger charge is -2.10. The predicted octanol–water partition coefficient (Wildman–Crippen LogP) is 0.817. The first-order valence-corrected chi connectivity index (χ1v) is 2.66. The molecule has 0 atom stereocenters. The second-order valence-corrected chi connectivity index (χ2v) is 1.88. The number of aldehydes is 1. The van der Waals surface area contributed by atoms with Gasteiger partial charge in [-0.3, -0.25) is 4.79 Å². The highest BCUT2D eigenvalue weighted by Crippen LogP contribution is 1.93. The Kier molecular flexibility index (Phi) is 3.44. The van der Waals surface area contributed by atoms with Gasteiger partial charge in [0.25, 0.3) is 0 Å². The number of carbonyl (C=O) groups excluding carboxylic acids is 1. The van der Waals surface area contributed by atoms with Crippen LogP contribution in [0.5, 0.6) is 0 Å². The van der Waals surface area contributed by atoms with Crippen LogP contribution in [0.3, 0.4) is 0 Å². The molecular weight excluding hydrogens is 114 g/mol. The van der Waals surface area contributed by atoms with Crippen molar-refractivity contribution < 1.29 is 4.79 Å². The zero-order chi connectivity index (χ0) is 7.28. The fraction of sp³-hybridized carbons (Fsp3) is 0.286. The van der Waals surface area contributed by atoms with E-state index >= 15 is 0 Å². The lowest BCUT2D eigenvalue weighted by atomic mass is 10.4. The fourth-order valence-corrected chi connectivity index (χ4v) is 0.299. The Morgan fingerprint density at radius 1 is 1.56 bits per heavy atom. The van der Waals surface area contributed by atoms with Crippen molar-refractivity contribution >= 4 is 6.29 Å². The summed E-state index contributed by atoms with van der Waals surface area (Å²) >= 11 is 0. The second-order valence-electron chi connectivity index (χ2n) is 1.88. The predicted molar refractivity (Wildman–Crippen MR) is 38.0 cm³/mol. The van der Waals surface area contributed by atoms with Crippen molar-refractivity contribution in [3.8, 4) is 0 Å². The van der Waals surface area contributed by atoms with E-state index in [1.807, 2.05) is 19.0 Å². The molecule has 0 aromatic rings. The maximum absolute atomic E-state index is 9.79. The van der Waals surface area contributed by atoms with Gasteiger partial charge in [-0.1, -0.05) is 6.58 Å². The molecule has 0 fully saturated rings. The highest BCUT2D eigenvalue weighted by Gasteiger charge is 1.85. The summed E-state index contributed by atoms with van der Waals surface area (Å²) in [5.41, 5.74) is 0.821. The van der Waals surface area contributed by atoms with Gasteiger partial charge in [0.1, 0.15) is 6.29 Å². The minimum absolute atomic E-state index is 0.731. The topological polar surface area (TPSA) is 20.3 Å². The normalized spacial score (nSPS) is 9.56. The van der Waals surface area contributed by atoms with E-state index in [-0.39, 0.29) is 0 Å². The smallest absolute Gasteiger partial charge is 0.142 e. The maximum atomic E-state index is 9.79. The first-order valence-electron chi connectivity index (χ1n) is 2.66. The van der Waals surface area contributed by atoms with Crippen LogP contribution in [0.1, 0.15) is 0 Å². The summed E-state index contributed by atoms with van der Waals surface area (Å²) in [6, 6.07) is 0. The minimum atomic E-state index is 0.731. The molecule has 50 valence electrons. The van der Waals surface area contributed by atoms with Crippen molar-refractivity contribution in [3.63, 3.8) is 0 Å². The van der Waals surface area contributed by atoms with Crippen molar-refractivity contribution in [2.24, 2.45) is 0 Å². The van der Waals surface area contributed by atoms with Gasteiger partial charge in [-0.15, -0.1) is 0 Å². The molecule has 2 nitrogen and oxygen atoms in total. The average molecular weight is 125 g/mol. The molecule has 0 aliphatic heterocycles. The molecule has 0 heterocycles. The summed E-state index contributed by atoms with van der Waals surface area (Å²) in [5.74, 6) is 0. The molecule has 9 heavy (non-hydrogen) atoms. The first kappa shape index (κ1) is 7.95. The standard InChI is InChI=1S/C7H11NO/c1-7(8(2)3)5-4-6-9/h4-6H,1H2,2-3H3/b5-4+. The van der Waals surface area contributed by atoms with Gasteiger partial charge in [-0.05, 0) is 12.2 Å². The third kappa shape index (κ3) is 3.53. The third-order valence-corrected chi connectivity index (χ3v) is 0.942. The molecule has 0 aliphatic carbocycles. The van der Waals surface area contributed by atoms with Crippen molar-refractivity contribution in [3.05, 3.63) is 24.4 Å². The first-order chi connectivity index (χ1) is 4.18. The molecule has 0 N–H and O–H groups in total. The molecule has 0 saturated heterocycles. The van der Waals surface area contributed by atoms with Crippen LogP contribution in [0.4, 0.5) is 0 Å². The molecule has 0 aliphatic rings. The van der Waals surface area contributed by atoms with Crippen LogP contribution < -0.4 is 0 Å². The monoisotopic (exact) mass is 125 g/mol. The SMILES string of the molecule is C=C(/C=C/C=O)N(C)C. The summed E-state index contributed by atoms with van der Waals surface area (Å²) in [7, 11) is 3.74. The van der Waals surface area contributed by atoms with Crippen LogP contribution >= 0.6 is 0 Å². The number of carbonyl (C=O) groups is 1. The third-order valence-electron chi connectivity index (χ3n) is 0.942. The molecule has 0 spiro atoms. The summed E-state index contributed by atoms with van der Waals surface area (Å²) in [4.78, 5) is 11.6. The summed E-state index contributed by atoms with van der Waals surface area (Å²) < 4.78 is 0. The Hall–Kier alpha value is -1.05. The van der Waals surface area contributed by atoms with Crippen LogP contribution in [-0.2, 0) is 4.79 Å². The van der Waals surface area contributed by atoms with E-state index in [1.54, 1.807) is 6.08 Å². The van der Waals surface area contributed by atoms with Crippen molar-refractivity contribution in [2.75, 3.05) is 14.1 Å². The number of allylic oxidation sites excluding steroid dienone is 2. The van der Waals surface area contributed by atoms with Gasteiger partial charge in [-0.2, -0.15) is 0 Å². The van der Waals surface area contributed by atoms with Crippen LogP contribution in [-0.4, -0.2) is 25.3 Å². The number of likely N-dealkylation sites (N-methyl/N-ethyl adjacent to an activating group) is 1. The molecule has 0 aromatic heterocycles. The van der Waals surface area contributed by atoms with E-state index in [9.17, 15) is 4.79 Å². The number of nitrogens with zero attached hydrogens (tertiary/aromatic N) is 1. The van der Waals surface area contributed by atoms with Gasteiger partial charge >= 0.3 is 0 Å². The van der Waals surface area contributed by atoms with Gasteiger partial charge in [0.05, 0.1) is 0 Å². The Labute approximate surface area is 55.5 Å². The molecule has 0 aromatic carbocycles. The molecule has 0 saturated carbocycles. The Bertz CT molecular complexity index is 136. The van der Waals surface area contributed by atoms with E-state index in [4.69, 9.17) is 0 Å². The van der Waals surface area contributed by atoms with E-state index in [1.165, 1.54) is 6.08 Å². The van der Waals surface area contributed by atoms with Gasteiger partial charge in [0.15, 0.2) is 0 Å². The van der Waals surface area contributed by atoms with Crippen LogP contribution in [0.2, 0.25) is 0 Å². The van der Waals surface area contributed by atoms with E-state index in [0.29, 0.717) is 0 Å². The lowest BCUT2D eigenvalue weighted by Crippen LogP contribution is -2.07. The zero-order valence-electron chi connectivity index (χ0n) is 5.79. The molecule has 0 bridgehead atoms. The maximum Gasteiger partial charge on any atom is 0.142 e. The van der Waals surface area contributed by atoms with Crippen LogP contribution in [0.25, 0.3) is 0 Å². The summed E-state index contributed by atoms with van der Waals surface area (Å²) in [6.45, 7) is 3.67. The highest BCUT2D eigenvalue weighted by atomic mass is 16.1. The van der Waals surface area contributed by atoms with E-state index < -0.39 is 0 Å². The van der Waals surface area contributed by atoms with E-state index in [2.05, 4.69) is 6.58 Å². The van der Waals surface area contributed by atoms with Crippen molar-refractivity contribution in [1.82, 2.24) is 4.90 Å². The number of rotatable bonds is 3.